The van der Waals surface area contributed by atoms with Gasteiger partial charge in [-0.25, -0.2) is 14.0 Å². The number of carbonyl (C=O) groups is 2. The van der Waals surface area contributed by atoms with E-state index >= 15 is 0 Å². The molecule has 1 atom stereocenters. The van der Waals surface area contributed by atoms with Gasteiger partial charge in [0.1, 0.15) is 23.9 Å². The third-order valence-electron chi connectivity index (χ3n) is 5.91. The Labute approximate surface area is 233 Å². The van der Waals surface area contributed by atoms with Crippen LogP contribution in [0.2, 0.25) is 0 Å². The van der Waals surface area contributed by atoms with E-state index in [-0.39, 0.29) is 38.0 Å². The fourth-order valence-corrected chi connectivity index (χ4v) is 3.79. The zero-order valence-corrected chi connectivity index (χ0v) is 22.7. The Hall–Kier alpha value is -4.15. The molecule has 0 aromatic heterocycles. The highest BCUT2D eigenvalue weighted by Gasteiger charge is 2.18. The minimum absolute atomic E-state index is 0.222. The number of amides is 2. The molecule has 9 nitrogen and oxygen atoms in total. The van der Waals surface area contributed by atoms with Crippen molar-refractivity contribution >= 4 is 17.7 Å². The Kier molecular flexibility index (Phi) is 12.2. The van der Waals surface area contributed by atoms with Crippen LogP contribution in [0.1, 0.15) is 18.1 Å². The lowest BCUT2D eigenvalue weighted by Gasteiger charge is -2.23. The minimum Gasteiger partial charge on any atom is -0.497 e. The van der Waals surface area contributed by atoms with Crippen LogP contribution >= 0.6 is 0 Å². The van der Waals surface area contributed by atoms with Gasteiger partial charge in [0.05, 0.1) is 26.9 Å². The molecule has 0 saturated heterocycles. The number of aliphatic carboxylic acids is 1. The number of nitrogens with zero attached hydrogens (tertiary/aromatic N) is 1. The number of methoxy groups -OCH3 is 1. The van der Waals surface area contributed by atoms with Crippen molar-refractivity contribution in [2.24, 2.45) is 0 Å². The highest BCUT2D eigenvalue weighted by atomic mass is 19.1. The molecular formula is C30H35FN2O7. The van der Waals surface area contributed by atoms with E-state index in [1.165, 1.54) is 12.1 Å². The summed E-state index contributed by atoms with van der Waals surface area (Å²) in [6, 6.07) is 19.9. The number of carboxylic acids is 1. The monoisotopic (exact) mass is 554 g/mol. The summed E-state index contributed by atoms with van der Waals surface area (Å²) >= 11 is 0. The van der Waals surface area contributed by atoms with E-state index in [4.69, 9.17) is 18.9 Å². The van der Waals surface area contributed by atoms with Crippen molar-refractivity contribution in [3.8, 4) is 11.5 Å². The largest absolute Gasteiger partial charge is 0.497 e. The maximum atomic E-state index is 13.1. The molecule has 2 amide bonds. The smallest absolute Gasteiger partial charge is 0.333 e. The molecule has 0 bridgehead atoms. The van der Waals surface area contributed by atoms with E-state index in [9.17, 15) is 19.1 Å². The summed E-state index contributed by atoms with van der Waals surface area (Å²) in [5, 5.41) is 12.2. The highest BCUT2D eigenvalue weighted by molar-refractivity contribution is 5.89. The fraction of sp³-hybridized carbons (Fsp3) is 0.333. The second-order valence-corrected chi connectivity index (χ2v) is 8.81. The van der Waals surface area contributed by atoms with Crippen LogP contribution in [0.3, 0.4) is 0 Å². The summed E-state index contributed by atoms with van der Waals surface area (Å²) < 4.78 is 35.2. The van der Waals surface area contributed by atoms with Gasteiger partial charge in [-0.1, -0.05) is 30.3 Å². The summed E-state index contributed by atoms with van der Waals surface area (Å²) in [6.45, 7) is 3.43. The normalized spacial score (nSPS) is 11.5. The van der Waals surface area contributed by atoms with Crippen molar-refractivity contribution in [3.63, 3.8) is 0 Å². The first-order chi connectivity index (χ1) is 19.4. The molecule has 3 rings (SSSR count). The number of ether oxygens (including phenoxy) is 4. The van der Waals surface area contributed by atoms with Gasteiger partial charge in [-0.2, -0.15) is 0 Å². The Balaban J connectivity index is 1.55. The van der Waals surface area contributed by atoms with Crippen LogP contribution in [0.4, 0.5) is 14.9 Å². The van der Waals surface area contributed by atoms with Crippen molar-refractivity contribution in [1.29, 1.82) is 0 Å². The zero-order chi connectivity index (χ0) is 28.7. The number of carbonyl (C=O) groups excluding carboxylic acids is 1. The van der Waals surface area contributed by atoms with Gasteiger partial charge in [-0.05, 0) is 54.4 Å². The van der Waals surface area contributed by atoms with Gasteiger partial charge in [-0.3, -0.25) is 0 Å². The van der Waals surface area contributed by atoms with E-state index in [0.29, 0.717) is 36.9 Å². The first-order valence-electron chi connectivity index (χ1n) is 13.0. The molecule has 214 valence electrons. The van der Waals surface area contributed by atoms with E-state index in [0.717, 1.165) is 11.1 Å². The van der Waals surface area contributed by atoms with E-state index < -0.39 is 12.1 Å². The van der Waals surface area contributed by atoms with Crippen LogP contribution in [-0.2, 0) is 27.3 Å². The lowest BCUT2D eigenvalue weighted by Crippen LogP contribution is -2.40. The van der Waals surface area contributed by atoms with E-state index in [2.05, 4.69) is 5.32 Å². The number of anilines is 1. The molecule has 3 aromatic rings. The van der Waals surface area contributed by atoms with Gasteiger partial charge in [0.15, 0.2) is 6.10 Å². The number of carboxylic acid groups (broad SMARTS) is 1. The molecule has 3 aromatic carbocycles. The van der Waals surface area contributed by atoms with Gasteiger partial charge >= 0.3 is 12.0 Å². The Morgan fingerprint density at radius 2 is 1.65 bits per heavy atom. The van der Waals surface area contributed by atoms with Gasteiger partial charge in [0.2, 0.25) is 0 Å². The van der Waals surface area contributed by atoms with Crippen LogP contribution in [0.25, 0.3) is 0 Å². The van der Waals surface area contributed by atoms with Crippen LogP contribution in [0.15, 0.2) is 72.8 Å². The van der Waals surface area contributed by atoms with E-state index in [1.807, 2.05) is 0 Å². The molecule has 1 unspecified atom stereocenters. The third-order valence-corrected chi connectivity index (χ3v) is 5.91. The molecule has 0 heterocycles. The summed E-state index contributed by atoms with van der Waals surface area (Å²) in [6.07, 6.45) is -0.654. The van der Waals surface area contributed by atoms with Crippen molar-refractivity contribution in [2.45, 2.75) is 26.1 Å². The van der Waals surface area contributed by atoms with Crippen LogP contribution in [-0.4, -0.2) is 68.1 Å². The summed E-state index contributed by atoms with van der Waals surface area (Å²) in [7, 11) is 1.55. The highest BCUT2D eigenvalue weighted by Crippen LogP contribution is 2.18. The molecule has 0 aliphatic rings. The standard InChI is InChI=1S/C30H35FN2O7/c1-3-39-28(29(34)35)19-22-9-13-26(14-10-22)40-18-16-33(15-17-38-21-23-7-11-24(31)12-8-23)30(36)32-25-5-4-6-27(20-25)37-2/h4-14,20,28H,3,15-19,21H2,1-2H3,(H,32,36)(H,34,35). The predicted molar refractivity (Wildman–Crippen MR) is 148 cm³/mol. The molecule has 2 N–H and O–H groups in total. The predicted octanol–water partition coefficient (Wildman–Crippen LogP) is 5.00. The van der Waals surface area contributed by atoms with Crippen molar-refractivity contribution < 1.29 is 38.0 Å². The summed E-state index contributed by atoms with van der Waals surface area (Å²) in [5.41, 5.74) is 2.23. The summed E-state index contributed by atoms with van der Waals surface area (Å²) in [5.74, 6) is -0.104. The lowest BCUT2D eigenvalue weighted by atomic mass is 10.1. The van der Waals surface area contributed by atoms with Gasteiger partial charge < -0.3 is 34.3 Å². The molecule has 0 aliphatic heterocycles. The number of nitrogens with one attached hydrogen (secondary N) is 1. The molecule has 0 saturated carbocycles. The zero-order valence-electron chi connectivity index (χ0n) is 22.7. The van der Waals surface area contributed by atoms with Gasteiger partial charge in [-0.15, -0.1) is 0 Å². The van der Waals surface area contributed by atoms with Crippen molar-refractivity contribution in [3.05, 3.63) is 89.7 Å². The number of benzene rings is 3. The molecule has 10 heteroatoms. The van der Waals surface area contributed by atoms with Crippen LogP contribution in [0, 0.1) is 5.82 Å². The number of hydrogen-bond donors (Lipinski definition) is 2. The lowest BCUT2D eigenvalue weighted by molar-refractivity contribution is -0.149. The Morgan fingerprint density at radius 1 is 0.950 bits per heavy atom. The number of hydrogen-bond acceptors (Lipinski definition) is 6. The van der Waals surface area contributed by atoms with Crippen LogP contribution < -0.4 is 14.8 Å². The molecule has 40 heavy (non-hydrogen) atoms. The molecular weight excluding hydrogens is 519 g/mol. The molecule has 0 spiro atoms. The van der Waals surface area contributed by atoms with E-state index in [1.54, 1.807) is 79.6 Å². The second-order valence-electron chi connectivity index (χ2n) is 8.81. The fourth-order valence-electron chi connectivity index (χ4n) is 3.79. The average molecular weight is 555 g/mol. The Morgan fingerprint density at radius 3 is 2.33 bits per heavy atom. The molecule has 0 aliphatic carbocycles. The number of halogens is 1. The number of rotatable bonds is 16. The SMILES string of the molecule is CCOC(Cc1ccc(OCCN(CCOCc2ccc(F)cc2)C(=O)Nc2cccc(OC)c2)cc1)C(=O)O. The van der Waals surface area contributed by atoms with Crippen LogP contribution in [0.5, 0.6) is 11.5 Å². The molecule has 0 radical (unpaired) electrons. The first kappa shape index (κ1) is 30.4. The molecule has 0 fully saturated rings. The van der Waals surface area contributed by atoms with Crippen molar-refractivity contribution in [2.75, 3.05) is 45.3 Å². The topological polar surface area (TPSA) is 107 Å². The Bertz CT molecular complexity index is 1210. The number of urea groups is 1. The van der Waals surface area contributed by atoms with Crippen molar-refractivity contribution in [1.82, 2.24) is 4.90 Å². The van der Waals surface area contributed by atoms with Gasteiger partial charge in [0, 0.05) is 31.3 Å². The second kappa shape index (κ2) is 16.1. The van der Waals surface area contributed by atoms with Gasteiger partial charge in [0.25, 0.3) is 0 Å². The first-order valence-corrected chi connectivity index (χ1v) is 13.0. The minimum atomic E-state index is -1.00. The summed E-state index contributed by atoms with van der Waals surface area (Å²) in [4.78, 5) is 26.0. The quantitative estimate of drug-likeness (QED) is 0.240. The maximum Gasteiger partial charge on any atom is 0.333 e. The third kappa shape index (κ3) is 10.2. The average Bonchev–Trinajstić information content (AvgIpc) is 2.95. The maximum absolute atomic E-state index is 13.1.